The van der Waals surface area contributed by atoms with Crippen molar-refractivity contribution >= 4 is 5.91 Å². The highest BCUT2D eigenvalue weighted by Crippen LogP contribution is 2.48. The molecule has 152 valence electrons. The highest BCUT2D eigenvalue weighted by molar-refractivity contribution is 5.82. The lowest BCUT2D eigenvalue weighted by Gasteiger charge is -2.57. The minimum atomic E-state index is -3.55. The highest BCUT2D eigenvalue weighted by Gasteiger charge is 2.62. The first-order valence-corrected chi connectivity index (χ1v) is 10.0. The number of ether oxygens (including phenoxy) is 2. The maximum atomic E-state index is 13.5. The molecule has 8 heteroatoms. The van der Waals surface area contributed by atoms with Crippen molar-refractivity contribution in [3.63, 3.8) is 0 Å². The van der Waals surface area contributed by atoms with Crippen LogP contribution in [0, 0.1) is 5.92 Å². The third kappa shape index (κ3) is 2.85. The number of hydrogen-bond acceptors (Lipinski definition) is 5. The van der Waals surface area contributed by atoms with Gasteiger partial charge in [-0.05, 0) is 24.3 Å². The van der Waals surface area contributed by atoms with Gasteiger partial charge in [-0.15, -0.1) is 8.78 Å². The van der Waals surface area contributed by atoms with Gasteiger partial charge in [0.15, 0.2) is 0 Å². The Labute approximate surface area is 162 Å². The van der Waals surface area contributed by atoms with E-state index in [-0.39, 0.29) is 25.1 Å². The maximum absolute atomic E-state index is 13.5. The van der Waals surface area contributed by atoms with Gasteiger partial charge >= 0.3 is 6.29 Å². The van der Waals surface area contributed by atoms with Gasteiger partial charge in [0.2, 0.25) is 5.91 Å². The second-order valence-corrected chi connectivity index (χ2v) is 8.23. The third-order valence-electron chi connectivity index (χ3n) is 6.79. The van der Waals surface area contributed by atoms with Crippen LogP contribution in [0.2, 0.25) is 0 Å². The second kappa shape index (κ2) is 6.73. The topological polar surface area (TPSA) is 54.0 Å². The van der Waals surface area contributed by atoms with Crippen molar-refractivity contribution in [3.8, 4) is 0 Å². The Morgan fingerprint density at radius 2 is 2.00 bits per heavy atom. The summed E-state index contributed by atoms with van der Waals surface area (Å²) in [6.07, 6.45) is -1.08. The average Bonchev–Trinajstić information content (AvgIpc) is 3.12. The van der Waals surface area contributed by atoms with Crippen molar-refractivity contribution in [2.24, 2.45) is 5.92 Å². The number of rotatable bonds is 4. The molecule has 1 aromatic carbocycles. The molecule has 3 unspecified atom stereocenters. The van der Waals surface area contributed by atoms with Crippen LogP contribution in [0.4, 0.5) is 8.78 Å². The monoisotopic (exact) mass is 393 g/mol. The first-order chi connectivity index (χ1) is 13.5. The van der Waals surface area contributed by atoms with E-state index in [9.17, 15) is 13.6 Å². The lowest BCUT2D eigenvalue weighted by molar-refractivity contribution is -0.349. The molecule has 28 heavy (non-hydrogen) atoms. The van der Waals surface area contributed by atoms with Gasteiger partial charge in [0.1, 0.15) is 11.8 Å². The minimum Gasteiger partial charge on any atom is -0.317 e. The number of amides is 1. The smallest absolute Gasteiger partial charge is 0.317 e. The summed E-state index contributed by atoms with van der Waals surface area (Å²) < 4.78 is 36.4. The molecular formula is C20H25F2N3O3. The molecule has 1 aliphatic carbocycles. The largest absolute Gasteiger partial charge is 0.485 e. The molecule has 3 aliphatic heterocycles. The van der Waals surface area contributed by atoms with Crippen molar-refractivity contribution in [1.29, 1.82) is 0 Å². The van der Waals surface area contributed by atoms with Crippen molar-refractivity contribution in [2.45, 2.75) is 49.9 Å². The zero-order chi connectivity index (χ0) is 19.4. The molecule has 6 nitrogen and oxygen atoms in total. The number of alkyl halides is 2. The fraction of sp³-hybridized carbons (Fsp3) is 0.650. The van der Waals surface area contributed by atoms with Crippen LogP contribution < -0.4 is 5.32 Å². The molecule has 5 rings (SSSR count). The van der Waals surface area contributed by atoms with Crippen LogP contribution in [-0.2, 0) is 20.8 Å². The molecule has 0 spiro atoms. The van der Waals surface area contributed by atoms with Gasteiger partial charge in [0.25, 0.3) is 0 Å². The Morgan fingerprint density at radius 3 is 2.64 bits per heavy atom. The van der Waals surface area contributed by atoms with Crippen molar-refractivity contribution in [1.82, 2.24) is 15.1 Å². The summed E-state index contributed by atoms with van der Waals surface area (Å²) >= 11 is 0. The number of piperazine rings is 1. The van der Waals surface area contributed by atoms with E-state index in [1.54, 1.807) is 0 Å². The number of hydrogen-bond donors (Lipinski definition) is 1. The van der Waals surface area contributed by atoms with Gasteiger partial charge in [-0.1, -0.05) is 36.8 Å². The molecule has 1 saturated carbocycles. The van der Waals surface area contributed by atoms with Crippen LogP contribution in [0.5, 0.6) is 0 Å². The molecule has 3 atom stereocenters. The van der Waals surface area contributed by atoms with Crippen LogP contribution in [0.25, 0.3) is 0 Å². The molecule has 4 aliphatic rings. The molecule has 1 aromatic rings. The summed E-state index contributed by atoms with van der Waals surface area (Å²) in [5.74, 6) is 0.385. The number of carbonyl (C=O) groups excluding carboxylic acids is 1. The molecule has 3 heterocycles. The highest BCUT2D eigenvalue weighted by atomic mass is 19.3. The molecule has 3 saturated heterocycles. The lowest BCUT2D eigenvalue weighted by atomic mass is 9.72. The van der Waals surface area contributed by atoms with E-state index in [0.29, 0.717) is 25.6 Å². The van der Waals surface area contributed by atoms with Crippen LogP contribution in [0.3, 0.4) is 0 Å². The van der Waals surface area contributed by atoms with Crippen LogP contribution in [0.15, 0.2) is 30.3 Å². The molecule has 0 aromatic heterocycles. The minimum absolute atomic E-state index is 0.0510. The van der Waals surface area contributed by atoms with Gasteiger partial charge in [-0.3, -0.25) is 19.2 Å². The summed E-state index contributed by atoms with van der Waals surface area (Å²) in [5.41, 5.74) is 0.584. The quantitative estimate of drug-likeness (QED) is 0.845. The van der Waals surface area contributed by atoms with Gasteiger partial charge in [-0.25, -0.2) is 0 Å². The number of carbonyl (C=O) groups is 1. The SMILES string of the molecule is O=C1CN2C(C3COC(F)(F)O3)CNCC2(C2CCC2)N1Cc1ccccc1. The molecular weight excluding hydrogens is 368 g/mol. The Kier molecular flexibility index (Phi) is 4.42. The van der Waals surface area contributed by atoms with E-state index in [1.807, 2.05) is 35.2 Å². The third-order valence-corrected chi connectivity index (χ3v) is 6.79. The first-order valence-electron chi connectivity index (χ1n) is 10.0. The summed E-state index contributed by atoms with van der Waals surface area (Å²) in [6, 6.07) is 9.61. The number of nitrogens with one attached hydrogen (secondary N) is 1. The predicted molar refractivity (Wildman–Crippen MR) is 96.2 cm³/mol. The molecule has 0 bridgehead atoms. The number of nitrogens with zero attached hydrogens (tertiary/aromatic N) is 2. The predicted octanol–water partition coefficient (Wildman–Crippen LogP) is 1.76. The van der Waals surface area contributed by atoms with E-state index in [0.717, 1.165) is 24.8 Å². The number of fused-ring (bicyclic) bond motifs is 1. The standard InChI is InChI=1S/C20H25F2N3O3/c21-20(22)27-12-17(28-20)16-9-23-13-19(15-7-4-8-15)24(16)11-18(26)25(19)10-14-5-2-1-3-6-14/h1-3,5-6,15-17,23H,4,7-13H2. The zero-order valence-electron chi connectivity index (χ0n) is 15.7. The molecule has 1 amide bonds. The summed E-state index contributed by atoms with van der Waals surface area (Å²) in [4.78, 5) is 17.2. The van der Waals surface area contributed by atoms with Crippen molar-refractivity contribution < 1.29 is 23.0 Å². The summed E-state index contributed by atoms with van der Waals surface area (Å²) in [7, 11) is 0. The summed E-state index contributed by atoms with van der Waals surface area (Å²) in [5, 5.41) is 3.42. The Balaban J connectivity index is 1.47. The molecule has 1 N–H and O–H groups in total. The van der Waals surface area contributed by atoms with Gasteiger partial charge < -0.3 is 10.2 Å². The normalized spacial score (nSPS) is 35.8. The van der Waals surface area contributed by atoms with Crippen LogP contribution >= 0.6 is 0 Å². The Bertz CT molecular complexity index is 745. The van der Waals surface area contributed by atoms with E-state index in [2.05, 4.69) is 15.0 Å². The van der Waals surface area contributed by atoms with E-state index >= 15 is 0 Å². The average molecular weight is 393 g/mol. The lowest BCUT2D eigenvalue weighted by Crippen LogP contribution is -2.73. The van der Waals surface area contributed by atoms with Gasteiger partial charge in [0, 0.05) is 19.6 Å². The second-order valence-electron chi connectivity index (χ2n) is 8.23. The first kappa shape index (κ1) is 18.4. The van der Waals surface area contributed by atoms with Crippen LogP contribution in [0.1, 0.15) is 24.8 Å². The fourth-order valence-electron chi connectivity index (χ4n) is 5.26. The maximum Gasteiger partial charge on any atom is 0.485 e. The van der Waals surface area contributed by atoms with Gasteiger partial charge in [0.05, 0.1) is 19.2 Å². The summed E-state index contributed by atoms with van der Waals surface area (Å²) in [6.45, 7) is 1.76. The molecule has 4 fully saturated rings. The Morgan fingerprint density at radius 1 is 1.21 bits per heavy atom. The van der Waals surface area contributed by atoms with E-state index in [1.165, 1.54) is 0 Å². The van der Waals surface area contributed by atoms with Crippen LogP contribution in [-0.4, -0.2) is 66.1 Å². The Hall–Kier alpha value is -1.61. The van der Waals surface area contributed by atoms with E-state index in [4.69, 9.17) is 4.74 Å². The molecule has 0 radical (unpaired) electrons. The number of halogens is 2. The zero-order valence-corrected chi connectivity index (χ0v) is 15.7. The van der Waals surface area contributed by atoms with Crippen molar-refractivity contribution in [2.75, 3.05) is 26.2 Å². The van der Waals surface area contributed by atoms with Gasteiger partial charge in [-0.2, -0.15) is 0 Å². The fourth-order valence-corrected chi connectivity index (χ4v) is 5.26. The van der Waals surface area contributed by atoms with Crippen molar-refractivity contribution in [3.05, 3.63) is 35.9 Å². The van der Waals surface area contributed by atoms with E-state index < -0.39 is 18.1 Å². The number of benzene rings is 1.